The lowest BCUT2D eigenvalue weighted by molar-refractivity contribution is -0.118. The SMILES string of the molecule is COc1cccc(CC(=O)N(CCCC2CCNCC2)c2ccc3c(c2)C(=O)NC3)c1. The molecule has 2 aliphatic rings. The van der Waals surface area contributed by atoms with Crippen LogP contribution < -0.4 is 20.3 Å². The molecule has 0 bridgehead atoms. The van der Waals surface area contributed by atoms with Crippen molar-refractivity contribution < 1.29 is 14.3 Å². The lowest BCUT2D eigenvalue weighted by atomic mass is 9.93. The standard InChI is InChI=1S/C25H31N3O3/c1-31-22-6-2-4-19(14-22)15-24(29)28(13-3-5-18-9-11-26-12-10-18)21-8-7-20-17-27-25(30)23(20)16-21/h2,4,6-8,14,16,18,26H,3,5,9-13,15,17H2,1H3,(H,27,30). The Bertz CT molecular complexity index is 937. The molecule has 1 saturated heterocycles. The van der Waals surface area contributed by atoms with E-state index in [0.29, 0.717) is 25.1 Å². The summed E-state index contributed by atoms with van der Waals surface area (Å²) in [5.41, 5.74) is 3.39. The van der Waals surface area contributed by atoms with Crippen LogP contribution in [0.2, 0.25) is 0 Å². The van der Waals surface area contributed by atoms with Crippen LogP contribution >= 0.6 is 0 Å². The number of anilines is 1. The molecule has 4 rings (SSSR count). The second kappa shape index (κ2) is 9.96. The van der Waals surface area contributed by atoms with E-state index in [0.717, 1.165) is 54.4 Å². The van der Waals surface area contributed by atoms with Crippen LogP contribution in [0.5, 0.6) is 5.75 Å². The minimum absolute atomic E-state index is 0.0388. The van der Waals surface area contributed by atoms with Gasteiger partial charge in [0.25, 0.3) is 5.91 Å². The van der Waals surface area contributed by atoms with Gasteiger partial charge in [-0.05, 0) is 80.1 Å². The number of hydrogen-bond donors (Lipinski definition) is 2. The number of piperidine rings is 1. The first-order valence-corrected chi connectivity index (χ1v) is 11.2. The maximum Gasteiger partial charge on any atom is 0.251 e. The number of nitrogens with zero attached hydrogens (tertiary/aromatic N) is 1. The number of hydrogen-bond acceptors (Lipinski definition) is 4. The number of carbonyl (C=O) groups excluding carboxylic acids is 2. The second-order valence-electron chi connectivity index (χ2n) is 8.43. The Morgan fingerprint density at radius 1 is 1.16 bits per heavy atom. The number of amides is 2. The summed E-state index contributed by atoms with van der Waals surface area (Å²) < 4.78 is 5.30. The maximum absolute atomic E-state index is 13.4. The molecule has 2 N–H and O–H groups in total. The van der Waals surface area contributed by atoms with Gasteiger partial charge in [-0.1, -0.05) is 18.2 Å². The van der Waals surface area contributed by atoms with Crippen molar-refractivity contribution >= 4 is 17.5 Å². The van der Waals surface area contributed by atoms with Gasteiger partial charge >= 0.3 is 0 Å². The van der Waals surface area contributed by atoms with Crippen molar-refractivity contribution in [3.05, 3.63) is 59.2 Å². The average molecular weight is 422 g/mol. The molecule has 0 aliphatic carbocycles. The Kier molecular flexibility index (Phi) is 6.87. The van der Waals surface area contributed by atoms with Crippen molar-refractivity contribution in [2.75, 3.05) is 31.6 Å². The van der Waals surface area contributed by atoms with Crippen molar-refractivity contribution in [3.63, 3.8) is 0 Å². The first-order chi connectivity index (χ1) is 15.1. The molecule has 2 aromatic rings. The smallest absolute Gasteiger partial charge is 0.251 e. The summed E-state index contributed by atoms with van der Waals surface area (Å²) in [6, 6.07) is 13.4. The van der Waals surface area contributed by atoms with Gasteiger partial charge in [-0.15, -0.1) is 0 Å². The monoisotopic (exact) mass is 421 g/mol. The summed E-state index contributed by atoms with van der Waals surface area (Å²) in [6.45, 7) is 3.39. The molecule has 6 heteroatoms. The topological polar surface area (TPSA) is 70.7 Å². The molecule has 0 aromatic heterocycles. The number of benzene rings is 2. The van der Waals surface area contributed by atoms with Crippen LogP contribution in [-0.2, 0) is 17.8 Å². The van der Waals surface area contributed by atoms with E-state index in [-0.39, 0.29) is 11.8 Å². The zero-order valence-electron chi connectivity index (χ0n) is 18.2. The molecule has 6 nitrogen and oxygen atoms in total. The van der Waals surface area contributed by atoms with Crippen LogP contribution in [-0.4, -0.2) is 38.6 Å². The molecule has 2 aliphatic heterocycles. The Labute approximate surface area is 184 Å². The van der Waals surface area contributed by atoms with Crippen molar-refractivity contribution in [2.24, 2.45) is 5.92 Å². The maximum atomic E-state index is 13.4. The molecule has 2 amide bonds. The highest BCUT2D eigenvalue weighted by atomic mass is 16.5. The van der Waals surface area contributed by atoms with Crippen LogP contribution in [0.15, 0.2) is 42.5 Å². The fourth-order valence-corrected chi connectivity index (χ4v) is 4.53. The Hall–Kier alpha value is -2.86. The molecular formula is C25H31N3O3. The van der Waals surface area contributed by atoms with E-state index in [1.807, 2.05) is 47.4 Å². The van der Waals surface area contributed by atoms with Gasteiger partial charge in [-0.2, -0.15) is 0 Å². The molecule has 1 fully saturated rings. The van der Waals surface area contributed by atoms with Crippen LogP contribution in [0.4, 0.5) is 5.69 Å². The quantitative estimate of drug-likeness (QED) is 0.686. The summed E-state index contributed by atoms with van der Waals surface area (Å²) in [5, 5.41) is 6.27. The van der Waals surface area contributed by atoms with Crippen LogP contribution in [0, 0.1) is 5.92 Å². The molecule has 2 heterocycles. The van der Waals surface area contributed by atoms with E-state index in [1.54, 1.807) is 7.11 Å². The van der Waals surface area contributed by atoms with Crippen molar-refractivity contribution in [3.8, 4) is 5.75 Å². The van der Waals surface area contributed by atoms with Crippen LogP contribution in [0.3, 0.4) is 0 Å². The average Bonchev–Trinajstić information content (AvgIpc) is 3.17. The third-order valence-electron chi connectivity index (χ3n) is 6.33. The number of carbonyl (C=O) groups is 2. The van der Waals surface area contributed by atoms with Gasteiger partial charge < -0.3 is 20.3 Å². The zero-order chi connectivity index (χ0) is 21.6. The molecule has 0 saturated carbocycles. The third kappa shape index (κ3) is 5.25. The van der Waals surface area contributed by atoms with Gasteiger partial charge in [0.2, 0.25) is 5.91 Å². The molecule has 164 valence electrons. The molecule has 0 radical (unpaired) electrons. The van der Waals surface area contributed by atoms with Gasteiger partial charge in [0, 0.05) is 24.3 Å². The lowest BCUT2D eigenvalue weighted by Gasteiger charge is -2.26. The number of rotatable bonds is 8. The van der Waals surface area contributed by atoms with Gasteiger partial charge in [-0.3, -0.25) is 9.59 Å². The minimum Gasteiger partial charge on any atom is -0.497 e. The Morgan fingerprint density at radius 3 is 2.81 bits per heavy atom. The molecule has 2 aromatic carbocycles. The second-order valence-corrected chi connectivity index (χ2v) is 8.43. The highest BCUT2D eigenvalue weighted by molar-refractivity contribution is 6.01. The summed E-state index contributed by atoms with van der Waals surface area (Å²) in [4.78, 5) is 27.4. The highest BCUT2D eigenvalue weighted by Crippen LogP contribution is 2.26. The van der Waals surface area contributed by atoms with E-state index in [2.05, 4.69) is 10.6 Å². The Balaban J connectivity index is 1.50. The van der Waals surface area contributed by atoms with Gasteiger partial charge in [0.15, 0.2) is 0 Å². The number of nitrogens with one attached hydrogen (secondary N) is 2. The highest BCUT2D eigenvalue weighted by Gasteiger charge is 2.23. The van der Waals surface area contributed by atoms with E-state index >= 15 is 0 Å². The predicted octanol–water partition coefficient (Wildman–Crippen LogP) is 3.29. The van der Waals surface area contributed by atoms with Gasteiger partial charge in [0.1, 0.15) is 5.75 Å². The van der Waals surface area contributed by atoms with Crippen molar-refractivity contribution in [1.29, 1.82) is 0 Å². The number of methoxy groups -OCH3 is 1. The van der Waals surface area contributed by atoms with E-state index < -0.39 is 0 Å². The molecule has 0 spiro atoms. The normalized spacial score (nSPS) is 16.0. The Morgan fingerprint density at radius 2 is 2.00 bits per heavy atom. The first-order valence-electron chi connectivity index (χ1n) is 11.2. The first kappa shape index (κ1) is 21.4. The number of fused-ring (bicyclic) bond motifs is 1. The van der Waals surface area contributed by atoms with Crippen molar-refractivity contribution in [2.45, 2.75) is 38.6 Å². The molecule has 0 unspecified atom stereocenters. The van der Waals surface area contributed by atoms with E-state index in [1.165, 1.54) is 12.8 Å². The van der Waals surface area contributed by atoms with Crippen molar-refractivity contribution in [1.82, 2.24) is 10.6 Å². The molecule has 0 atom stereocenters. The third-order valence-corrected chi connectivity index (χ3v) is 6.33. The fraction of sp³-hybridized carbons (Fsp3) is 0.440. The van der Waals surface area contributed by atoms with Crippen LogP contribution in [0.25, 0.3) is 0 Å². The fourth-order valence-electron chi connectivity index (χ4n) is 4.53. The summed E-state index contributed by atoms with van der Waals surface area (Å²) >= 11 is 0. The summed E-state index contributed by atoms with van der Waals surface area (Å²) in [6.07, 6.45) is 4.79. The predicted molar refractivity (Wildman–Crippen MR) is 121 cm³/mol. The van der Waals surface area contributed by atoms with Crippen LogP contribution in [0.1, 0.15) is 47.2 Å². The number of ether oxygens (including phenoxy) is 1. The summed E-state index contributed by atoms with van der Waals surface area (Å²) in [5.74, 6) is 1.45. The molecule has 31 heavy (non-hydrogen) atoms. The summed E-state index contributed by atoms with van der Waals surface area (Å²) in [7, 11) is 1.63. The minimum atomic E-state index is -0.0632. The largest absolute Gasteiger partial charge is 0.497 e. The lowest BCUT2D eigenvalue weighted by Crippen LogP contribution is -2.34. The van der Waals surface area contributed by atoms with E-state index in [4.69, 9.17) is 4.74 Å². The zero-order valence-corrected chi connectivity index (χ0v) is 18.2. The van der Waals surface area contributed by atoms with E-state index in [9.17, 15) is 9.59 Å². The molecular weight excluding hydrogens is 390 g/mol. The van der Waals surface area contributed by atoms with Gasteiger partial charge in [-0.25, -0.2) is 0 Å². The van der Waals surface area contributed by atoms with Gasteiger partial charge in [0.05, 0.1) is 13.5 Å².